The summed E-state index contributed by atoms with van der Waals surface area (Å²) in [7, 11) is 2.25. The van der Waals surface area contributed by atoms with Gasteiger partial charge in [0.05, 0.1) is 0 Å². The molecule has 0 aliphatic carbocycles. The van der Waals surface area contributed by atoms with E-state index in [1.807, 2.05) is 0 Å². The van der Waals surface area contributed by atoms with Gasteiger partial charge in [-0.2, -0.15) is 0 Å². The molecule has 0 aromatic carbocycles. The van der Waals surface area contributed by atoms with Crippen LogP contribution in [0.1, 0.15) is 26.7 Å². The molecule has 1 N–H and O–H groups in total. The zero-order valence-corrected chi connectivity index (χ0v) is 10.5. The van der Waals surface area contributed by atoms with E-state index in [4.69, 9.17) is 4.74 Å². The van der Waals surface area contributed by atoms with E-state index < -0.39 is 0 Å². The monoisotopic (exact) mass is 214 g/mol. The summed E-state index contributed by atoms with van der Waals surface area (Å²) in [5.74, 6) is 0.734. The molecule has 1 unspecified atom stereocenters. The fourth-order valence-electron chi connectivity index (χ4n) is 2.22. The summed E-state index contributed by atoms with van der Waals surface area (Å²) in [5.41, 5.74) is 0. The molecule has 1 saturated heterocycles. The van der Waals surface area contributed by atoms with Crippen LogP contribution in [-0.2, 0) is 4.74 Å². The van der Waals surface area contributed by atoms with Crippen molar-refractivity contribution < 1.29 is 4.74 Å². The highest BCUT2D eigenvalue weighted by molar-refractivity contribution is 4.73. The van der Waals surface area contributed by atoms with Gasteiger partial charge in [-0.1, -0.05) is 13.8 Å². The molecule has 15 heavy (non-hydrogen) atoms. The van der Waals surface area contributed by atoms with Crippen LogP contribution in [0.2, 0.25) is 0 Å². The molecule has 0 aromatic heterocycles. The Balaban J connectivity index is 2.17. The lowest BCUT2D eigenvalue weighted by atomic mass is 10.1. The van der Waals surface area contributed by atoms with E-state index >= 15 is 0 Å². The van der Waals surface area contributed by atoms with Crippen molar-refractivity contribution in [1.29, 1.82) is 0 Å². The summed E-state index contributed by atoms with van der Waals surface area (Å²) in [6, 6.07) is 0.739. The van der Waals surface area contributed by atoms with Crippen LogP contribution in [0.3, 0.4) is 0 Å². The van der Waals surface area contributed by atoms with E-state index in [0.717, 1.165) is 38.3 Å². The predicted octanol–water partition coefficient (Wildman–Crippen LogP) is 1.34. The zero-order chi connectivity index (χ0) is 11.1. The van der Waals surface area contributed by atoms with Gasteiger partial charge in [-0.25, -0.2) is 0 Å². The van der Waals surface area contributed by atoms with Crippen LogP contribution in [0.25, 0.3) is 0 Å². The predicted molar refractivity (Wildman–Crippen MR) is 64.2 cm³/mol. The third kappa shape index (κ3) is 4.96. The second-order valence-corrected chi connectivity index (χ2v) is 4.70. The molecule has 0 aromatic rings. The lowest BCUT2D eigenvalue weighted by molar-refractivity contribution is 0.0390. The third-order valence-corrected chi connectivity index (χ3v) is 3.16. The first kappa shape index (κ1) is 12.9. The number of hydrogen-bond donors (Lipinski definition) is 1. The second kappa shape index (κ2) is 7.20. The van der Waals surface area contributed by atoms with Gasteiger partial charge in [0.2, 0.25) is 0 Å². The van der Waals surface area contributed by atoms with Crippen molar-refractivity contribution in [3.05, 3.63) is 0 Å². The summed E-state index contributed by atoms with van der Waals surface area (Å²) in [5, 5.41) is 3.40. The molecule has 0 spiro atoms. The summed E-state index contributed by atoms with van der Waals surface area (Å²) < 4.78 is 5.38. The summed E-state index contributed by atoms with van der Waals surface area (Å²) >= 11 is 0. The fourth-order valence-corrected chi connectivity index (χ4v) is 2.22. The first-order chi connectivity index (χ1) is 7.24. The minimum Gasteiger partial charge on any atom is -0.381 e. The van der Waals surface area contributed by atoms with Gasteiger partial charge in [-0.15, -0.1) is 0 Å². The molecular formula is C12H26N2O. The minimum atomic E-state index is 0.734. The SMILES string of the molecule is CCNCC(C)CN(C)C1CCOCC1. The normalized spacial score (nSPS) is 20.8. The zero-order valence-electron chi connectivity index (χ0n) is 10.5. The average Bonchev–Trinajstić information content (AvgIpc) is 2.27. The van der Waals surface area contributed by atoms with Crippen molar-refractivity contribution in [2.45, 2.75) is 32.7 Å². The summed E-state index contributed by atoms with van der Waals surface area (Å²) in [6.45, 7) is 9.76. The Morgan fingerprint density at radius 2 is 2.07 bits per heavy atom. The number of nitrogens with zero attached hydrogens (tertiary/aromatic N) is 1. The number of nitrogens with one attached hydrogen (secondary N) is 1. The largest absolute Gasteiger partial charge is 0.381 e. The van der Waals surface area contributed by atoms with Gasteiger partial charge in [0.15, 0.2) is 0 Å². The van der Waals surface area contributed by atoms with Gasteiger partial charge in [-0.3, -0.25) is 0 Å². The van der Waals surface area contributed by atoms with Crippen molar-refractivity contribution in [2.24, 2.45) is 5.92 Å². The molecule has 1 aliphatic heterocycles. The lowest BCUT2D eigenvalue weighted by Crippen LogP contribution is -2.40. The third-order valence-electron chi connectivity index (χ3n) is 3.16. The van der Waals surface area contributed by atoms with Crippen LogP contribution in [0.15, 0.2) is 0 Å². The number of hydrogen-bond acceptors (Lipinski definition) is 3. The van der Waals surface area contributed by atoms with Crippen molar-refractivity contribution in [2.75, 3.05) is 39.9 Å². The van der Waals surface area contributed by atoms with Crippen molar-refractivity contribution in [3.8, 4) is 0 Å². The van der Waals surface area contributed by atoms with Crippen LogP contribution in [0.4, 0.5) is 0 Å². The van der Waals surface area contributed by atoms with Gasteiger partial charge in [-0.05, 0) is 38.9 Å². The quantitative estimate of drug-likeness (QED) is 0.722. The maximum Gasteiger partial charge on any atom is 0.0480 e. The maximum atomic E-state index is 5.38. The fraction of sp³-hybridized carbons (Fsp3) is 1.00. The van der Waals surface area contributed by atoms with E-state index in [1.165, 1.54) is 19.4 Å². The minimum absolute atomic E-state index is 0.734. The van der Waals surface area contributed by atoms with Crippen LogP contribution >= 0.6 is 0 Å². The molecule has 0 bridgehead atoms. The van der Waals surface area contributed by atoms with Gasteiger partial charge in [0, 0.05) is 25.8 Å². The maximum absolute atomic E-state index is 5.38. The van der Waals surface area contributed by atoms with Gasteiger partial charge in [0.1, 0.15) is 0 Å². The summed E-state index contributed by atoms with van der Waals surface area (Å²) in [4.78, 5) is 2.50. The molecule has 1 atom stereocenters. The van der Waals surface area contributed by atoms with Crippen molar-refractivity contribution >= 4 is 0 Å². The van der Waals surface area contributed by atoms with Gasteiger partial charge < -0.3 is 15.0 Å². The second-order valence-electron chi connectivity index (χ2n) is 4.70. The van der Waals surface area contributed by atoms with Crippen LogP contribution in [0, 0.1) is 5.92 Å². The molecule has 1 rings (SSSR count). The Morgan fingerprint density at radius 3 is 2.67 bits per heavy atom. The highest BCUT2D eigenvalue weighted by atomic mass is 16.5. The first-order valence-corrected chi connectivity index (χ1v) is 6.22. The first-order valence-electron chi connectivity index (χ1n) is 6.22. The molecule has 0 saturated carbocycles. The Hall–Kier alpha value is -0.120. The molecule has 3 nitrogen and oxygen atoms in total. The van der Waals surface area contributed by atoms with Gasteiger partial charge in [0.25, 0.3) is 0 Å². The van der Waals surface area contributed by atoms with E-state index in [0.29, 0.717) is 0 Å². The Bertz CT molecular complexity index is 158. The van der Waals surface area contributed by atoms with E-state index in [1.54, 1.807) is 0 Å². The smallest absolute Gasteiger partial charge is 0.0480 e. The van der Waals surface area contributed by atoms with Crippen molar-refractivity contribution in [1.82, 2.24) is 10.2 Å². The molecule has 1 fully saturated rings. The van der Waals surface area contributed by atoms with E-state index in [2.05, 4.69) is 31.1 Å². The van der Waals surface area contributed by atoms with Crippen LogP contribution in [-0.4, -0.2) is 50.8 Å². The molecular weight excluding hydrogens is 188 g/mol. The molecule has 0 amide bonds. The standard InChI is InChI=1S/C12H26N2O/c1-4-13-9-11(2)10-14(3)12-5-7-15-8-6-12/h11-13H,4-10H2,1-3H3. The Kier molecular flexibility index (Phi) is 6.22. The molecule has 1 aliphatic rings. The number of ether oxygens (including phenoxy) is 1. The van der Waals surface area contributed by atoms with Crippen LogP contribution in [0.5, 0.6) is 0 Å². The summed E-state index contributed by atoms with van der Waals surface area (Å²) in [6.07, 6.45) is 2.40. The van der Waals surface area contributed by atoms with E-state index in [9.17, 15) is 0 Å². The van der Waals surface area contributed by atoms with E-state index in [-0.39, 0.29) is 0 Å². The average molecular weight is 214 g/mol. The van der Waals surface area contributed by atoms with Crippen LogP contribution < -0.4 is 5.32 Å². The molecule has 90 valence electrons. The van der Waals surface area contributed by atoms with Gasteiger partial charge >= 0.3 is 0 Å². The Labute approximate surface area is 94.2 Å². The molecule has 1 heterocycles. The topological polar surface area (TPSA) is 24.5 Å². The lowest BCUT2D eigenvalue weighted by Gasteiger charge is -2.32. The number of rotatable bonds is 6. The van der Waals surface area contributed by atoms with Crippen molar-refractivity contribution in [3.63, 3.8) is 0 Å². The Morgan fingerprint density at radius 1 is 1.40 bits per heavy atom. The highest BCUT2D eigenvalue weighted by Gasteiger charge is 2.19. The molecule has 0 radical (unpaired) electrons. The highest BCUT2D eigenvalue weighted by Crippen LogP contribution is 2.13. The molecule has 3 heteroatoms.